The van der Waals surface area contributed by atoms with Crippen LogP contribution in [0.3, 0.4) is 0 Å². The van der Waals surface area contributed by atoms with E-state index < -0.39 is 44.1 Å². The number of hydrogen-bond donors (Lipinski definition) is 4. The Morgan fingerprint density at radius 2 is 2.20 bits per heavy atom. The maximum Gasteiger partial charge on any atom is 0.469 e. The van der Waals surface area contributed by atoms with Crippen molar-refractivity contribution in [3.8, 4) is 0 Å². The van der Waals surface area contributed by atoms with Crippen molar-refractivity contribution < 1.29 is 28.7 Å². The maximum atomic E-state index is 11.6. The topological polar surface area (TPSA) is 151 Å². The van der Waals surface area contributed by atoms with Crippen LogP contribution in [0.2, 0.25) is 0 Å². The van der Waals surface area contributed by atoms with E-state index in [-0.39, 0.29) is 6.42 Å². The fourth-order valence-electron chi connectivity index (χ4n) is 1.98. The van der Waals surface area contributed by atoms with Gasteiger partial charge in [0.2, 0.25) is 0 Å². The minimum absolute atomic E-state index is 0.0533. The summed E-state index contributed by atoms with van der Waals surface area (Å²) < 4.78 is 21.7. The van der Waals surface area contributed by atoms with Crippen LogP contribution >= 0.6 is 7.82 Å². The van der Waals surface area contributed by atoms with Gasteiger partial charge in [0.25, 0.3) is 5.56 Å². The van der Waals surface area contributed by atoms with E-state index in [9.17, 15) is 14.2 Å². The SMILES string of the molecule is O=c1ccn([C@@H]2CC(OP(=O)(O)O)[C@H](CO)O2)c(=O)[nH]1. The summed E-state index contributed by atoms with van der Waals surface area (Å²) in [5, 5.41) is 9.11. The molecule has 4 N–H and O–H groups in total. The van der Waals surface area contributed by atoms with Gasteiger partial charge in [-0.15, -0.1) is 0 Å². The van der Waals surface area contributed by atoms with Crippen LogP contribution in [0.5, 0.6) is 0 Å². The van der Waals surface area contributed by atoms with Crippen LogP contribution in [0.1, 0.15) is 12.6 Å². The first-order chi connectivity index (χ1) is 9.30. The Kier molecular flexibility index (Phi) is 4.23. The van der Waals surface area contributed by atoms with Crippen LogP contribution in [0.25, 0.3) is 0 Å². The lowest BCUT2D eigenvalue weighted by atomic mass is 10.2. The predicted molar refractivity (Wildman–Crippen MR) is 63.9 cm³/mol. The van der Waals surface area contributed by atoms with Crippen molar-refractivity contribution in [2.75, 3.05) is 6.61 Å². The van der Waals surface area contributed by atoms with Crippen molar-refractivity contribution in [3.05, 3.63) is 33.1 Å². The number of ether oxygens (including phenoxy) is 1. The third-order valence-corrected chi connectivity index (χ3v) is 3.34. The first-order valence-corrected chi connectivity index (χ1v) is 7.15. The van der Waals surface area contributed by atoms with Crippen LogP contribution in [0.4, 0.5) is 0 Å². The normalized spacial score (nSPS) is 26.9. The van der Waals surface area contributed by atoms with E-state index in [0.29, 0.717) is 0 Å². The van der Waals surface area contributed by atoms with E-state index in [1.54, 1.807) is 0 Å². The number of rotatable bonds is 4. The van der Waals surface area contributed by atoms with E-state index in [1.165, 1.54) is 6.20 Å². The summed E-state index contributed by atoms with van der Waals surface area (Å²) >= 11 is 0. The van der Waals surface area contributed by atoms with Gasteiger partial charge < -0.3 is 19.6 Å². The van der Waals surface area contributed by atoms with Crippen LogP contribution < -0.4 is 11.2 Å². The number of aliphatic hydroxyl groups is 1. The fourth-order valence-corrected chi connectivity index (χ4v) is 2.55. The Morgan fingerprint density at radius 1 is 1.50 bits per heavy atom. The summed E-state index contributed by atoms with van der Waals surface area (Å²) in [5.41, 5.74) is -1.30. The smallest absolute Gasteiger partial charge is 0.394 e. The third kappa shape index (κ3) is 3.42. The first-order valence-electron chi connectivity index (χ1n) is 5.62. The largest absolute Gasteiger partial charge is 0.469 e. The Hall–Kier alpha value is -1.29. The van der Waals surface area contributed by atoms with Crippen molar-refractivity contribution >= 4 is 7.82 Å². The standard InChI is InChI=1S/C9H13N2O8P/c12-4-6-5(19-20(15,16)17)3-8(18-6)11-2-1-7(13)10-9(11)14/h1-2,5-6,8,12H,3-4H2,(H,10,13,14)(H2,15,16,17)/t5?,6-,8-/m0/s1. The van der Waals surface area contributed by atoms with E-state index in [4.69, 9.17) is 19.6 Å². The molecule has 2 heterocycles. The molecule has 0 radical (unpaired) electrons. The first kappa shape index (κ1) is 15.1. The zero-order chi connectivity index (χ0) is 14.9. The molecule has 1 aromatic rings. The molecule has 10 nitrogen and oxygen atoms in total. The van der Waals surface area contributed by atoms with Gasteiger partial charge in [0, 0.05) is 18.7 Å². The molecule has 0 saturated carbocycles. The fraction of sp³-hybridized carbons (Fsp3) is 0.556. The molecule has 2 rings (SSSR count). The van der Waals surface area contributed by atoms with Crippen LogP contribution in [0.15, 0.2) is 21.9 Å². The molecular weight excluding hydrogens is 295 g/mol. The maximum absolute atomic E-state index is 11.6. The second-order valence-corrected chi connectivity index (χ2v) is 5.39. The van der Waals surface area contributed by atoms with Crippen molar-refractivity contribution in [1.82, 2.24) is 9.55 Å². The third-order valence-electron chi connectivity index (χ3n) is 2.79. The second-order valence-electron chi connectivity index (χ2n) is 4.20. The zero-order valence-corrected chi connectivity index (χ0v) is 11.0. The molecule has 0 aromatic carbocycles. The van der Waals surface area contributed by atoms with Gasteiger partial charge in [0.1, 0.15) is 18.4 Å². The molecule has 20 heavy (non-hydrogen) atoms. The van der Waals surface area contributed by atoms with E-state index >= 15 is 0 Å². The average Bonchev–Trinajstić information content (AvgIpc) is 2.69. The monoisotopic (exact) mass is 308 g/mol. The molecule has 0 bridgehead atoms. The summed E-state index contributed by atoms with van der Waals surface area (Å²) in [5.74, 6) is 0. The molecule has 3 atom stereocenters. The number of phosphoric ester groups is 1. The lowest BCUT2D eigenvalue weighted by Crippen LogP contribution is -2.31. The van der Waals surface area contributed by atoms with Gasteiger partial charge in [-0.2, -0.15) is 0 Å². The summed E-state index contributed by atoms with van der Waals surface area (Å²) in [7, 11) is -4.74. The number of nitrogens with zero attached hydrogens (tertiary/aromatic N) is 1. The van der Waals surface area contributed by atoms with Crippen LogP contribution in [-0.4, -0.2) is 43.3 Å². The van der Waals surface area contributed by atoms with Gasteiger partial charge >= 0.3 is 13.5 Å². The van der Waals surface area contributed by atoms with Gasteiger partial charge in [-0.05, 0) is 0 Å². The van der Waals surface area contributed by atoms with Crippen LogP contribution in [-0.2, 0) is 13.8 Å². The highest BCUT2D eigenvalue weighted by Gasteiger charge is 2.40. The highest BCUT2D eigenvalue weighted by molar-refractivity contribution is 7.46. The van der Waals surface area contributed by atoms with Gasteiger partial charge in [-0.1, -0.05) is 0 Å². The molecule has 1 unspecified atom stereocenters. The summed E-state index contributed by atoms with van der Waals surface area (Å²) in [6, 6.07) is 1.11. The molecule has 0 spiro atoms. The van der Waals surface area contributed by atoms with E-state index in [1.807, 2.05) is 4.98 Å². The van der Waals surface area contributed by atoms with Gasteiger partial charge in [0.15, 0.2) is 0 Å². The summed E-state index contributed by atoms with van der Waals surface area (Å²) in [4.78, 5) is 42.1. The lowest BCUT2D eigenvalue weighted by Gasteiger charge is -2.16. The van der Waals surface area contributed by atoms with Crippen molar-refractivity contribution in [2.45, 2.75) is 24.9 Å². The highest BCUT2D eigenvalue weighted by Crippen LogP contribution is 2.43. The minimum Gasteiger partial charge on any atom is -0.394 e. The zero-order valence-electron chi connectivity index (χ0n) is 10.1. The second kappa shape index (κ2) is 5.60. The number of aromatic amines is 1. The number of phosphoric acid groups is 1. The number of aliphatic hydroxyl groups excluding tert-OH is 1. The Bertz CT molecular complexity index is 633. The quantitative estimate of drug-likeness (QED) is 0.480. The van der Waals surface area contributed by atoms with Gasteiger partial charge in [0.05, 0.1) is 6.61 Å². The number of nitrogens with one attached hydrogen (secondary N) is 1. The molecule has 0 aliphatic carbocycles. The minimum atomic E-state index is -4.74. The number of hydrogen-bond acceptors (Lipinski definition) is 6. The molecule has 1 saturated heterocycles. The van der Waals surface area contributed by atoms with Crippen molar-refractivity contribution in [3.63, 3.8) is 0 Å². The predicted octanol–water partition coefficient (Wildman–Crippen LogP) is -1.71. The number of aromatic nitrogens is 2. The molecular formula is C9H13N2O8P. The van der Waals surface area contributed by atoms with Crippen LogP contribution in [0, 0.1) is 0 Å². The molecule has 0 amide bonds. The van der Waals surface area contributed by atoms with E-state index in [2.05, 4.69) is 4.52 Å². The average molecular weight is 308 g/mol. The Labute approximate surface area is 111 Å². The lowest BCUT2D eigenvalue weighted by molar-refractivity contribution is -0.0452. The molecule has 1 aliphatic heterocycles. The summed E-state index contributed by atoms with van der Waals surface area (Å²) in [6.07, 6.45) is -1.80. The molecule has 1 aromatic heterocycles. The molecule has 1 fully saturated rings. The molecule has 1 aliphatic rings. The molecule has 11 heteroatoms. The van der Waals surface area contributed by atoms with Gasteiger partial charge in [-0.3, -0.25) is 18.9 Å². The molecule has 112 valence electrons. The Balaban J connectivity index is 2.22. The highest BCUT2D eigenvalue weighted by atomic mass is 31.2. The van der Waals surface area contributed by atoms with Gasteiger partial charge in [-0.25, -0.2) is 9.36 Å². The van der Waals surface area contributed by atoms with E-state index in [0.717, 1.165) is 10.6 Å². The van der Waals surface area contributed by atoms with Crippen molar-refractivity contribution in [1.29, 1.82) is 0 Å². The van der Waals surface area contributed by atoms with Crippen molar-refractivity contribution in [2.24, 2.45) is 0 Å². The summed E-state index contributed by atoms with van der Waals surface area (Å²) in [6.45, 7) is -0.529. The number of H-pyrrole nitrogens is 1. The Morgan fingerprint density at radius 3 is 2.75 bits per heavy atom.